The minimum absolute atomic E-state index is 0.147. The van der Waals surface area contributed by atoms with Crippen molar-refractivity contribution in [3.05, 3.63) is 111 Å². The molecule has 0 spiro atoms. The van der Waals surface area contributed by atoms with Gasteiger partial charge in [0.2, 0.25) is 0 Å². The third-order valence-corrected chi connectivity index (χ3v) is 7.59. The number of hydrogen-bond acceptors (Lipinski definition) is 6. The predicted octanol–water partition coefficient (Wildman–Crippen LogP) is 5.52. The number of morpholine rings is 1. The van der Waals surface area contributed by atoms with E-state index in [1.165, 1.54) is 5.56 Å². The maximum absolute atomic E-state index is 12.9. The van der Waals surface area contributed by atoms with E-state index in [1.54, 1.807) is 28.3 Å². The Morgan fingerprint density at radius 1 is 1.10 bits per heavy atom. The Kier molecular flexibility index (Phi) is 9.46. The maximum Gasteiger partial charge on any atom is 0.347 e. The first-order chi connectivity index (χ1) is 20.4. The summed E-state index contributed by atoms with van der Waals surface area (Å²) in [6, 6.07) is 28.0. The molecule has 1 atom stereocenters. The van der Waals surface area contributed by atoms with Crippen LogP contribution >= 0.6 is 23.8 Å². The molecule has 42 heavy (non-hydrogen) atoms. The van der Waals surface area contributed by atoms with Crippen molar-refractivity contribution >= 4 is 41.4 Å². The molecule has 1 saturated heterocycles. The van der Waals surface area contributed by atoms with Crippen molar-refractivity contribution in [2.45, 2.75) is 12.6 Å². The number of carbonyl (C=O) groups excluding carboxylic acids is 1. The highest BCUT2D eigenvalue weighted by Gasteiger charge is 2.23. The highest BCUT2D eigenvalue weighted by molar-refractivity contribution is 7.71. The average Bonchev–Trinajstić information content (AvgIpc) is 3.01. The molecule has 9 nitrogen and oxygen atoms in total. The lowest BCUT2D eigenvalue weighted by Crippen LogP contribution is -2.45. The van der Waals surface area contributed by atoms with Crippen molar-refractivity contribution in [1.29, 1.82) is 5.26 Å². The number of hydrogen-bond donors (Lipinski definition) is 2. The van der Waals surface area contributed by atoms with Gasteiger partial charge in [0.05, 0.1) is 12.7 Å². The molecule has 1 aliphatic rings. The summed E-state index contributed by atoms with van der Waals surface area (Å²) < 4.78 is 9.81. The Labute approximate surface area is 254 Å². The number of halogens is 1. The van der Waals surface area contributed by atoms with E-state index in [-0.39, 0.29) is 17.2 Å². The summed E-state index contributed by atoms with van der Waals surface area (Å²) >= 11 is 11.9. The number of nitrogens with zero attached hydrogens (tertiary/aromatic N) is 5. The summed E-state index contributed by atoms with van der Waals surface area (Å²) in [6.07, 6.45) is -0.147. The number of anilines is 2. The fraction of sp³-hybridized carbons (Fsp3) is 0.226. The standard InChI is InChI=1S/C31H30ClN7O2S/c1-37-29(36-30(40)35-24-8-4-2-5-9-24)27(18-33)28(39(31(37)42)25-10-6-3-7-11-25)34-19-26-21-38(16-17-41-26)20-22-12-14-23(32)15-13-22/h2-15,26,34H,16-17,19-21H2,1H3,(H,35,40). The van der Waals surface area contributed by atoms with Crippen LogP contribution in [0.25, 0.3) is 5.69 Å². The predicted molar refractivity (Wildman–Crippen MR) is 166 cm³/mol. The van der Waals surface area contributed by atoms with Gasteiger partial charge in [0.15, 0.2) is 10.3 Å². The van der Waals surface area contributed by atoms with Crippen LogP contribution in [-0.2, 0) is 18.3 Å². The number of amides is 2. The Bertz CT molecular complexity index is 1720. The van der Waals surface area contributed by atoms with Gasteiger partial charge in [-0.05, 0) is 54.2 Å². The Balaban J connectivity index is 1.46. The van der Waals surface area contributed by atoms with E-state index in [0.717, 1.165) is 18.8 Å². The molecular weight excluding hydrogens is 570 g/mol. The molecule has 1 unspecified atom stereocenters. The average molecular weight is 600 g/mol. The molecule has 0 aliphatic carbocycles. The van der Waals surface area contributed by atoms with Gasteiger partial charge in [0.1, 0.15) is 17.5 Å². The van der Waals surface area contributed by atoms with Crippen molar-refractivity contribution in [1.82, 2.24) is 14.0 Å². The smallest absolute Gasteiger partial charge is 0.347 e. The summed E-state index contributed by atoms with van der Waals surface area (Å²) in [5.74, 6) is 0.441. The molecule has 5 rings (SSSR count). The van der Waals surface area contributed by atoms with Gasteiger partial charge in [0.25, 0.3) is 0 Å². The summed E-state index contributed by atoms with van der Waals surface area (Å²) in [5, 5.41) is 17.2. The largest absolute Gasteiger partial charge is 0.374 e. The van der Waals surface area contributed by atoms with Crippen LogP contribution in [0.1, 0.15) is 11.1 Å². The fourth-order valence-corrected chi connectivity index (χ4v) is 5.22. The van der Waals surface area contributed by atoms with E-state index in [4.69, 9.17) is 28.6 Å². The topological polar surface area (TPSA) is 99.6 Å². The number of nitrogens with one attached hydrogen (secondary N) is 2. The SMILES string of the molecule is Cn1c(=NC(=O)Nc2ccccc2)c(C#N)c(NCC2CN(Cc3ccc(Cl)cc3)CCO2)n(-c2ccccc2)c1=S. The van der Waals surface area contributed by atoms with E-state index < -0.39 is 6.03 Å². The van der Waals surface area contributed by atoms with E-state index in [2.05, 4.69) is 26.6 Å². The van der Waals surface area contributed by atoms with Crippen molar-refractivity contribution in [3.63, 3.8) is 0 Å². The highest BCUT2D eigenvalue weighted by Crippen LogP contribution is 2.21. The van der Waals surface area contributed by atoms with Crippen LogP contribution in [0.5, 0.6) is 0 Å². The van der Waals surface area contributed by atoms with Gasteiger partial charge in [0, 0.05) is 49.6 Å². The second-order valence-electron chi connectivity index (χ2n) is 9.81. The molecule has 0 saturated carbocycles. The Morgan fingerprint density at radius 3 is 2.48 bits per heavy atom. The molecule has 1 aromatic heterocycles. The van der Waals surface area contributed by atoms with Gasteiger partial charge in [-0.15, -0.1) is 0 Å². The first-order valence-corrected chi connectivity index (χ1v) is 14.3. The lowest BCUT2D eigenvalue weighted by atomic mass is 10.2. The van der Waals surface area contributed by atoms with Crippen LogP contribution in [0, 0.1) is 16.1 Å². The number of ether oxygens (including phenoxy) is 1. The molecule has 2 N–H and O–H groups in total. The molecule has 214 valence electrons. The molecular formula is C31H30ClN7O2S. The Morgan fingerprint density at radius 2 is 1.79 bits per heavy atom. The number of rotatable bonds is 7. The minimum Gasteiger partial charge on any atom is -0.374 e. The first kappa shape index (κ1) is 29.2. The molecule has 1 aliphatic heterocycles. The number of urea groups is 1. The molecule has 2 amide bonds. The monoisotopic (exact) mass is 599 g/mol. The van der Waals surface area contributed by atoms with E-state index >= 15 is 0 Å². The van der Waals surface area contributed by atoms with Crippen LogP contribution < -0.4 is 16.1 Å². The van der Waals surface area contributed by atoms with Crippen LogP contribution in [0.2, 0.25) is 5.02 Å². The van der Waals surface area contributed by atoms with Crippen molar-refractivity contribution in [3.8, 4) is 11.8 Å². The van der Waals surface area contributed by atoms with E-state index in [0.29, 0.717) is 41.0 Å². The quantitative estimate of drug-likeness (QED) is 0.272. The minimum atomic E-state index is -0.612. The van der Waals surface area contributed by atoms with Crippen LogP contribution in [-0.4, -0.2) is 52.4 Å². The van der Waals surface area contributed by atoms with E-state index in [9.17, 15) is 10.1 Å². The zero-order valence-corrected chi connectivity index (χ0v) is 24.6. The van der Waals surface area contributed by atoms with Crippen LogP contribution in [0.15, 0.2) is 89.9 Å². The van der Waals surface area contributed by atoms with Gasteiger partial charge in [-0.3, -0.25) is 9.47 Å². The number of para-hydroxylation sites is 2. The summed E-state index contributed by atoms with van der Waals surface area (Å²) in [4.78, 5) is 19.5. The van der Waals surface area contributed by atoms with Crippen molar-refractivity contribution in [2.75, 3.05) is 36.9 Å². The molecule has 1 fully saturated rings. The second-order valence-corrected chi connectivity index (χ2v) is 10.6. The summed E-state index contributed by atoms with van der Waals surface area (Å²) in [7, 11) is 1.69. The number of aromatic nitrogens is 2. The highest BCUT2D eigenvalue weighted by atomic mass is 35.5. The molecule has 2 heterocycles. The van der Waals surface area contributed by atoms with Crippen molar-refractivity contribution < 1.29 is 9.53 Å². The van der Waals surface area contributed by atoms with Crippen LogP contribution in [0.4, 0.5) is 16.3 Å². The number of nitriles is 1. The number of benzene rings is 3. The summed E-state index contributed by atoms with van der Waals surface area (Å²) in [5.41, 5.74) is 2.88. The van der Waals surface area contributed by atoms with Crippen molar-refractivity contribution in [2.24, 2.45) is 12.0 Å². The number of carbonyl (C=O) groups is 1. The lowest BCUT2D eigenvalue weighted by Gasteiger charge is -2.33. The van der Waals surface area contributed by atoms with Gasteiger partial charge in [-0.2, -0.15) is 10.3 Å². The molecule has 11 heteroatoms. The van der Waals surface area contributed by atoms with Gasteiger partial charge in [-0.1, -0.05) is 60.1 Å². The van der Waals surface area contributed by atoms with Crippen LogP contribution in [0.3, 0.4) is 0 Å². The zero-order chi connectivity index (χ0) is 29.5. The second kappa shape index (κ2) is 13.6. The third-order valence-electron chi connectivity index (χ3n) is 6.88. The Hall–Kier alpha value is -4.27. The third kappa shape index (κ3) is 6.95. The lowest BCUT2D eigenvalue weighted by molar-refractivity contribution is -0.0241. The van der Waals surface area contributed by atoms with Gasteiger partial charge in [-0.25, -0.2) is 4.79 Å². The van der Waals surface area contributed by atoms with E-state index in [1.807, 2.05) is 72.8 Å². The molecule has 0 bridgehead atoms. The molecule has 4 aromatic rings. The maximum atomic E-state index is 12.9. The first-order valence-electron chi connectivity index (χ1n) is 13.5. The van der Waals surface area contributed by atoms with Gasteiger partial charge >= 0.3 is 6.03 Å². The van der Waals surface area contributed by atoms with Gasteiger partial charge < -0.3 is 19.9 Å². The molecule has 3 aromatic carbocycles. The zero-order valence-electron chi connectivity index (χ0n) is 23.0. The molecule has 0 radical (unpaired) electrons. The summed E-state index contributed by atoms with van der Waals surface area (Å²) in [6.45, 7) is 3.28. The normalized spacial score (nSPS) is 15.6. The fourth-order valence-electron chi connectivity index (χ4n) is 4.81.